The molecule has 1 fully saturated rings. The minimum Gasteiger partial charge on any atom is -0.455 e. The summed E-state index contributed by atoms with van der Waals surface area (Å²) in [6, 6.07) is 7.22. The number of hydrogen-bond donors (Lipinski definition) is 3. The summed E-state index contributed by atoms with van der Waals surface area (Å²) in [5, 5.41) is 5.89. The van der Waals surface area contributed by atoms with Gasteiger partial charge in [0.15, 0.2) is 5.75 Å². The molecule has 0 bridgehead atoms. The minimum absolute atomic E-state index is 0.0911. The van der Waals surface area contributed by atoms with Crippen molar-refractivity contribution in [1.82, 2.24) is 10.2 Å². The van der Waals surface area contributed by atoms with Crippen molar-refractivity contribution in [3.8, 4) is 11.5 Å². The smallest absolute Gasteiger partial charge is 0.254 e. The Balaban J connectivity index is 1.54. The van der Waals surface area contributed by atoms with E-state index in [9.17, 15) is 14.4 Å². The number of nitrogens with one attached hydrogen (secondary N) is 2. The number of halogens is 1. The van der Waals surface area contributed by atoms with E-state index >= 15 is 0 Å². The van der Waals surface area contributed by atoms with E-state index in [-0.39, 0.29) is 35.0 Å². The third-order valence-electron chi connectivity index (χ3n) is 5.61. The number of nitrogens with two attached hydrogens (primary N) is 1. The van der Waals surface area contributed by atoms with Gasteiger partial charge in [-0.15, -0.1) is 0 Å². The summed E-state index contributed by atoms with van der Waals surface area (Å²) in [6.45, 7) is 3.25. The molecule has 0 unspecified atom stereocenters. The number of piperidine rings is 1. The summed E-state index contributed by atoms with van der Waals surface area (Å²) >= 11 is 6.09. The molecule has 3 amide bonds. The summed E-state index contributed by atoms with van der Waals surface area (Å²) in [5.74, 6) is -0.346. The van der Waals surface area contributed by atoms with Crippen LogP contribution in [-0.2, 0) is 9.59 Å². The Labute approximate surface area is 191 Å². The van der Waals surface area contributed by atoms with Crippen LogP contribution in [0.1, 0.15) is 41.6 Å². The van der Waals surface area contributed by atoms with Crippen LogP contribution in [0.3, 0.4) is 0 Å². The molecule has 0 aromatic heterocycles. The molecule has 0 saturated carbocycles. The third kappa shape index (κ3) is 4.80. The molecule has 4 rings (SSSR count). The Hall–Kier alpha value is -3.26. The van der Waals surface area contributed by atoms with Crippen LogP contribution >= 0.6 is 11.6 Å². The van der Waals surface area contributed by atoms with E-state index in [1.807, 2.05) is 6.92 Å². The Kier molecular flexibility index (Phi) is 6.23. The van der Waals surface area contributed by atoms with Crippen molar-refractivity contribution in [3.63, 3.8) is 0 Å². The Morgan fingerprint density at radius 2 is 1.91 bits per heavy atom. The number of nitrogens with zero attached hydrogens (tertiary/aromatic N) is 1. The number of nitrogen functional groups attached to an aromatic ring is 1. The molecule has 8 nitrogen and oxygen atoms in total. The first-order valence-corrected chi connectivity index (χ1v) is 11.0. The second kappa shape index (κ2) is 9.08. The molecule has 32 heavy (non-hydrogen) atoms. The summed E-state index contributed by atoms with van der Waals surface area (Å²) in [5.41, 5.74) is 7.75. The van der Waals surface area contributed by atoms with Crippen molar-refractivity contribution in [2.75, 3.05) is 24.1 Å². The summed E-state index contributed by atoms with van der Waals surface area (Å²) in [6.07, 6.45) is 2.91. The molecule has 9 heteroatoms. The van der Waals surface area contributed by atoms with Crippen LogP contribution in [0.2, 0.25) is 5.02 Å². The number of anilines is 2. The third-order valence-corrected chi connectivity index (χ3v) is 5.82. The van der Waals surface area contributed by atoms with Crippen molar-refractivity contribution < 1.29 is 19.1 Å². The SMILES string of the molecule is Cc1cc(Cl)cc(Oc2cc3c(cc2N)NC(=O)[C@H](CC(=O)N2CCCCC2)NC3=O)c1. The van der Waals surface area contributed by atoms with Crippen LogP contribution in [0, 0.1) is 6.92 Å². The van der Waals surface area contributed by atoms with E-state index in [1.165, 1.54) is 12.1 Å². The van der Waals surface area contributed by atoms with Gasteiger partial charge in [0.25, 0.3) is 5.91 Å². The molecular formula is C23H25ClN4O4. The fourth-order valence-corrected chi connectivity index (χ4v) is 4.26. The quantitative estimate of drug-likeness (QED) is 0.609. The largest absolute Gasteiger partial charge is 0.455 e. The molecule has 2 heterocycles. The number of carbonyl (C=O) groups is 3. The summed E-state index contributed by atoms with van der Waals surface area (Å²) in [4.78, 5) is 40.0. The summed E-state index contributed by atoms with van der Waals surface area (Å²) < 4.78 is 5.86. The van der Waals surface area contributed by atoms with Gasteiger partial charge in [0.05, 0.1) is 23.4 Å². The van der Waals surface area contributed by atoms with Crippen molar-refractivity contribution in [2.45, 2.75) is 38.6 Å². The first-order valence-electron chi connectivity index (χ1n) is 10.6. The van der Waals surface area contributed by atoms with Gasteiger partial charge in [-0.1, -0.05) is 11.6 Å². The number of fused-ring (bicyclic) bond motifs is 1. The number of amides is 3. The highest BCUT2D eigenvalue weighted by molar-refractivity contribution is 6.30. The van der Waals surface area contributed by atoms with Crippen LogP contribution in [0.5, 0.6) is 11.5 Å². The predicted molar refractivity (Wildman–Crippen MR) is 122 cm³/mol. The number of likely N-dealkylation sites (tertiary alicyclic amines) is 1. The molecule has 2 aromatic carbocycles. The molecule has 2 aliphatic heterocycles. The lowest BCUT2D eigenvalue weighted by Crippen LogP contribution is -2.46. The Morgan fingerprint density at radius 1 is 1.16 bits per heavy atom. The van der Waals surface area contributed by atoms with Crippen LogP contribution in [0.25, 0.3) is 0 Å². The first kappa shape index (κ1) is 22.0. The van der Waals surface area contributed by atoms with E-state index < -0.39 is 17.9 Å². The predicted octanol–water partition coefficient (Wildman–Crippen LogP) is 3.48. The van der Waals surface area contributed by atoms with Crippen molar-refractivity contribution in [3.05, 3.63) is 46.5 Å². The van der Waals surface area contributed by atoms with Crippen LogP contribution in [0.15, 0.2) is 30.3 Å². The fraction of sp³-hybridized carbons (Fsp3) is 0.348. The molecule has 4 N–H and O–H groups in total. The first-order chi connectivity index (χ1) is 15.3. The average Bonchev–Trinajstić information content (AvgIpc) is 2.84. The number of rotatable bonds is 4. The van der Waals surface area contributed by atoms with Gasteiger partial charge >= 0.3 is 0 Å². The fourth-order valence-electron chi connectivity index (χ4n) is 3.98. The van der Waals surface area contributed by atoms with Gasteiger partial charge in [-0.25, -0.2) is 0 Å². The highest BCUT2D eigenvalue weighted by Gasteiger charge is 2.32. The van der Waals surface area contributed by atoms with E-state index in [0.717, 1.165) is 24.8 Å². The molecule has 2 aromatic rings. The lowest BCUT2D eigenvalue weighted by atomic mass is 10.1. The zero-order chi connectivity index (χ0) is 22.8. The zero-order valence-corrected chi connectivity index (χ0v) is 18.5. The molecule has 0 spiro atoms. The molecule has 1 saturated heterocycles. The molecule has 168 valence electrons. The van der Waals surface area contributed by atoms with E-state index in [2.05, 4.69) is 10.6 Å². The van der Waals surface area contributed by atoms with Gasteiger partial charge in [0.1, 0.15) is 11.8 Å². The molecular weight excluding hydrogens is 432 g/mol. The standard InChI is InChI=1S/C23H25ClN4O4/c1-13-7-14(24)9-15(8-13)32-20-10-16-18(11-17(20)25)26-23(31)19(27-22(16)30)12-21(29)28-5-3-2-4-6-28/h7-11,19H,2-6,12,25H2,1H3,(H,26,31)(H,27,30)/t19-/m0/s1. The number of benzene rings is 2. The zero-order valence-electron chi connectivity index (χ0n) is 17.7. The number of hydrogen-bond acceptors (Lipinski definition) is 5. The topological polar surface area (TPSA) is 114 Å². The van der Waals surface area contributed by atoms with Gasteiger partial charge < -0.3 is 26.0 Å². The van der Waals surface area contributed by atoms with Gasteiger partial charge in [-0.3, -0.25) is 14.4 Å². The Bertz CT molecular complexity index is 1060. The highest BCUT2D eigenvalue weighted by Crippen LogP contribution is 2.35. The maximum atomic E-state index is 12.9. The van der Waals surface area contributed by atoms with Crippen LogP contribution in [-0.4, -0.2) is 41.8 Å². The molecule has 1 atom stereocenters. The molecule has 2 aliphatic rings. The van der Waals surface area contributed by atoms with Gasteiger partial charge in [-0.05, 0) is 62.1 Å². The minimum atomic E-state index is -0.967. The molecule has 0 radical (unpaired) electrons. The number of ether oxygens (including phenoxy) is 1. The normalized spacial score (nSPS) is 18.3. The monoisotopic (exact) mass is 456 g/mol. The summed E-state index contributed by atoms with van der Waals surface area (Å²) in [7, 11) is 0. The second-order valence-electron chi connectivity index (χ2n) is 8.16. The van der Waals surface area contributed by atoms with Gasteiger partial charge in [-0.2, -0.15) is 0 Å². The van der Waals surface area contributed by atoms with Gasteiger partial charge in [0.2, 0.25) is 11.8 Å². The van der Waals surface area contributed by atoms with Crippen molar-refractivity contribution in [1.29, 1.82) is 0 Å². The van der Waals surface area contributed by atoms with Gasteiger partial charge in [0, 0.05) is 18.1 Å². The maximum Gasteiger partial charge on any atom is 0.254 e. The van der Waals surface area contributed by atoms with E-state index in [1.54, 1.807) is 23.1 Å². The maximum absolute atomic E-state index is 12.9. The van der Waals surface area contributed by atoms with Crippen LogP contribution in [0.4, 0.5) is 11.4 Å². The van der Waals surface area contributed by atoms with Crippen molar-refractivity contribution >= 4 is 40.7 Å². The molecule has 0 aliphatic carbocycles. The average molecular weight is 457 g/mol. The van der Waals surface area contributed by atoms with E-state index in [4.69, 9.17) is 22.1 Å². The Morgan fingerprint density at radius 3 is 2.62 bits per heavy atom. The second-order valence-corrected chi connectivity index (χ2v) is 8.60. The number of aryl methyl sites for hydroxylation is 1. The number of carbonyl (C=O) groups excluding carboxylic acids is 3. The van der Waals surface area contributed by atoms with Crippen molar-refractivity contribution in [2.24, 2.45) is 0 Å². The highest BCUT2D eigenvalue weighted by atomic mass is 35.5. The lowest BCUT2D eigenvalue weighted by molar-refractivity contribution is -0.134. The lowest BCUT2D eigenvalue weighted by Gasteiger charge is -2.28. The van der Waals surface area contributed by atoms with Crippen LogP contribution < -0.4 is 21.1 Å². The van der Waals surface area contributed by atoms with E-state index in [0.29, 0.717) is 23.9 Å².